The summed E-state index contributed by atoms with van der Waals surface area (Å²) in [4.78, 5) is 10.5. The van der Waals surface area contributed by atoms with Crippen LogP contribution in [0.15, 0.2) is 24.3 Å². The molecule has 0 saturated heterocycles. The third-order valence-electron chi connectivity index (χ3n) is 1.66. The lowest BCUT2D eigenvalue weighted by atomic mass is 10.2. The molecule has 1 rings (SSSR count). The Bertz CT molecular complexity index is 386. The van der Waals surface area contributed by atoms with E-state index in [1.54, 1.807) is 24.3 Å². The summed E-state index contributed by atoms with van der Waals surface area (Å²) in [5.41, 5.74) is 0.803. The zero-order valence-electron chi connectivity index (χ0n) is 8.17. The van der Waals surface area contributed by atoms with Crippen LogP contribution in [-0.4, -0.2) is 11.8 Å². The van der Waals surface area contributed by atoms with Gasteiger partial charge in [-0.3, -0.25) is 4.79 Å². The minimum Gasteiger partial charge on any atom is -0.492 e. The van der Waals surface area contributed by atoms with Crippen LogP contribution < -0.4 is 4.74 Å². The lowest BCUT2D eigenvalue weighted by Crippen LogP contribution is -1.92. The van der Waals surface area contributed by atoms with Crippen molar-refractivity contribution < 1.29 is 9.53 Å². The first-order chi connectivity index (χ1) is 7.13. The third kappa shape index (κ3) is 3.94. The fourth-order valence-electron chi connectivity index (χ4n) is 1.06. The van der Waals surface area contributed by atoms with Crippen molar-refractivity contribution in [3.8, 4) is 5.75 Å². The molecule has 0 atom stereocenters. The molecule has 0 heterocycles. The second kappa shape index (κ2) is 5.79. The van der Waals surface area contributed by atoms with Gasteiger partial charge in [-0.1, -0.05) is 23.7 Å². The smallest absolute Gasteiger partial charge is 0.245 e. The Kier molecular flexibility index (Phi) is 4.66. The van der Waals surface area contributed by atoms with Crippen molar-refractivity contribution in [2.24, 2.45) is 0 Å². The second-order valence-electron chi connectivity index (χ2n) is 2.76. The zero-order chi connectivity index (χ0) is 11.3. The number of hydrogen-bond acceptors (Lipinski definition) is 2. The highest BCUT2D eigenvalue weighted by molar-refractivity contribution is 6.66. The van der Waals surface area contributed by atoms with Crippen LogP contribution in [0.2, 0.25) is 5.02 Å². The van der Waals surface area contributed by atoms with Crippen LogP contribution in [0.1, 0.15) is 12.5 Å². The van der Waals surface area contributed by atoms with Gasteiger partial charge in [0, 0.05) is 0 Å². The second-order valence-corrected chi connectivity index (χ2v) is 3.54. The van der Waals surface area contributed by atoms with E-state index in [4.69, 9.17) is 27.9 Å². The highest BCUT2D eigenvalue weighted by atomic mass is 35.5. The maximum atomic E-state index is 10.5. The topological polar surface area (TPSA) is 26.3 Å². The molecule has 15 heavy (non-hydrogen) atoms. The summed E-state index contributed by atoms with van der Waals surface area (Å²) in [5.74, 6) is 0.633. The molecule has 0 aromatic heterocycles. The van der Waals surface area contributed by atoms with Crippen molar-refractivity contribution in [1.82, 2.24) is 0 Å². The maximum Gasteiger partial charge on any atom is 0.245 e. The van der Waals surface area contributed by atoms with E-state index < -0.39 is 5.24 Å². The van der Waals surface area contributed by atoms with Crippen molar-refractivity contribution >= 4 is 34.5 Å². The van der Waals surface area contributed by atoms with Gasteiger partial charge in [0.1, 0.15) is 5.75 Å². The van der Waals surface area contributed by atoms with Gasteiger partial charge in [0.15, 0.2) is 0 Å². The van der Waals surface area contributed by atoms with Gasteiger partial charge in [-0.05, 0) is 42.3 Å². The number of carbonyl (C=O) groups excluding carboxylic acids is 1. The van der Waals surface area contributed by atoms with E-state index >= 15 is 0 Å². The average molecular weight is 245 g/mol. The predicted molar refractivity (Wildman–Crippen MR) is 62.5 cm³/mol. The maximum absolute atomic E-state index is 10.5. The summed E-state index contributed by atoms with van der Waals surface area (Å²) >= 11 is 11.1. The normalized spacial score (nSPS) is 10.6. The van der Waals surface area contributed by atoms with Gasteiger partial charge in [-0.25, -0.2) is 0 Å². The van der Waals surface area contributed by atoms with Crippen LogP contribution in [-0.2, 0) is 4.79 Å². The molecule has 0 radical (unpaired) electrons. The Morgan fingerprint density at radius 3 is 2.80 bits per heavy atom. The molecule has 0 bridgehead atoms. The van der Waals surface area contributed by atoms with Crippen LogP contribution in [0.25, 0.3) is 6.08 Å². The van der Waals surface area contributed by atoms with E-state index in [0.29, 0.717) is 17.4 Å². The lowest BCUT2D eigenvalue weighted by molar-refractivity contribution is -0.107. The monoisotopic (exact) mass is 244 g/mol. The number of carbonyl (C=O) groups is 1. The molecule has 0 aliphatic carbocycles. The number of benzene rings is 1. The van der Waals surface area contributed by atoms with Crippen molar-refractivity contribution in [3.63, 3.8) is 0 Å². The van der Waals surface area contributed by atoms with Gasteiger partial charge < -0.3 is 4.74 Å². The third-order valence-corrected chi connectivity index (χ3v) is 2.08. The van der Waals surface area contributed by atoms with E-state index in [9.17, 15) is 4.79 Å². The number of allylic oxidation sites excluding steroid dienone is 1. The molecule has 0 spiro atoms. The Labute approximate surface area is 98.4 Å². The molecule has 0 aliphatic heterocycles. The molecule has 0 saturated carbocycles. The number of rotatable bonds is 4. The van der Waals surface area contributed by atoms with E-state index in [2.05, 4.69) is 0 Å². The highest BCUT2D eigenvalue weighted by Gasteiger charge is 2.00. The SMILES string of the molecule is CCOc1ccc(/C=C/C(=O)Cl)cc1Cl. The molecule has 4 heteroatoms. The van der Waals surface area contributed by atoms with Crippen LogP contribution in [0.3, 0.4) is 0 Å². The first kappa shape index (κ1) is 12.1. The number of ether oxygens (including phenoxy) is 1. The first-order valence-electron chi connectivity index (χ1n) is 4.43. The van der Waals surface area contributed by atoms with E-state index in [-0.39, 0.29) is 0 Å². The zero-order valence-corrected chi connectivity index (χ0v) is 9.68. The van der Waals surface area contributed by atoms with E-state index in [1.807, 2.05) is 6.92 Å². The Morgan fingerprint density at radius 2 is 2.27 bits per heavy atom. The summed E-state index contributed by atoms with van der Waals surface area (Å²) in [6.07, 6.45) is 2.87. The molecule has 0 N–H and O–H groups in total. The van der Waals surface area contributed by atoms with Crippen molar-refractivity contribution in [3.05, 3.63) is 34.9 Å². The van der Waals surface area contributed by atoms with Crippen LogP contribution >= 0.6 is 23.2 Å². The number of halogens is 2. The Hall–Kier alpha value is -0.990. The van der Waals surface area contributed by atoms with E-state index in [1.165, 1.54) is 6.08 Å². The summed E-state index contributed by atoms with van der Waals surface area (Å²) in [6.45, 7) is 2.45. The molecular weight excluding hydrogens is 235 g/mol. The van der Waals surface area contributed by atoms with Gasteiger partial charge in [0.2, 0.25) is 5.24 Å². The molecule has 2 nitrogen and oxygen atoms in total. The summed E-state index contributed by atoms with van der Waals surface area (Å²) in [5, 5.41) is 0.000952. The molecule has 0 amide bonds. The minimum atomic E-state index is -0.514. The van der Waals surface area contributed by atoms with E-state index in [0.717, 1.165) is 5.56 Å². The van der Waals surface area contributed by atoms with Gasteiger partial charge in [-0.2, -0.15) is 0 Å². The molecule has 0 aliphatic rings. The fraction of sp³-hybridized carbons (Fsp3) is 0.182. The van der Waals surface area contributed by atoms with Crippen LogP contribution in [0, 0.1) is 0 Å². The first-order valence-corrected chi connectivity index (χ1v) is 5.19. The van der Waals surface area contributed by atoms with Gasteiger partial charge in [0.05, 0.1) is 11.6 Å². The van der Waals surface area contributed by atoms with Crippen LogP contribution in [0.4, 0.5) is 0 Å². The fourth-order valence-corrected chi connectivity index (χ4v) is 1.36. The summed E-state index contributed by atoms with van der Waals surface area (Å²) in [7, 11) is 0. The predicted octanol–water partition coefficient (Wildman–Crippen LogP) is 3.52. The Morgan fingerprint density at radius 1 is 1.53 bits per heavy atom. The summed E-state index contributed by atoms with van der Waals surface area (Å²) in [6, 6.07) is 5.26. The molecule has 0 unspecified atom stereocenters. The average Bonchev–Trinajstić information content (AvgIpc) is 2.19. The quantitative estimate of drug-likeness (QED) is 0.599. The lowest BCUT2D eigenvalue weighted by Gasteiger charge is -2.05. The number of hydrogen-bond donors (Lipinski definition) is 0. The molecule has 1 aromatic carbocycles. The summed E-state index contributed by atoms with van der Waals surface area (Å²) < 4.78 is 5.27. The molecule has 0 fully saturated rings. The molecular formula is C11H10Cl2O2. The van der Waals surface area contributed by atoms with Gasteiger partial charge in [0.25, 0.3) is 0 Å². The molecule has 80 valence electrons. The van der Waals surface area contributed by atoms with Crippen molar-refractivity contribution in [1.29, 1.82) is 0 Å². The van der Waals surface area contributed by atoms with Gasteiger partial charge in [-0.15, -0.1) is 0 Å². The van der Waals surface area contributed by atoms with Crippen LogP contribution in [0.5, 0.6) is 5.75 Å². The minimum absolute atomic E-state index is 0.514. The van der Waals surface area contributed by atoms with Crippen molar-refractivity contribution in [2.75, 3.05) is 6.61 Å². The van der Waals surface area contributed by atoms with Gasteiger partial charge >= 0.3 is 0 Å². The molecule has 1 aromatic rings. The largest absolute Gasteiger partial charge is 0.492 e. The van der Waals surface area contributed by atoms with Crippen molar-refractivity contribution in [2.45, 2.75) is 6.92 Å². The highest BCUT2D eigenvalue weighted by Crippen LogP contribution is 2.25. The Balaban J connectivity index is 2.86. The standard InChI is InChI=1S/C11H10Cl2O2/c1-2-15-10-5-3-8(7-9(10)12)4-6-11(13)14/h3-7H,2H2,1H3/b6-4+.